The molecule has 1 heterocycles. The molecule has 0 spiro atoms. The molecule has 0 radical (unpaired) electrons. The molecule has 1 aliphatic heterocycles. The lowest BCUT2D eigenvalue weighted by Gasteiger charge is -2.38. The first-order chi connectivity index (χ1) is 8.33. The van der Waals surface area contributed by atoms with Crippen molar-refractivity contribution in [1.82, 2.24) is 10.6 Å². The van der Waals surface area contributed by atoms with Crippen LogP contribution in [-0.4, -0.2) is 36.5 Å². The molecular weight excluding hydrogens is 236 g/mol. The van der Waals surface area contributed by atoms with E-state index in [1.807, 2.05) is 20.8 Å². The molecule has 0 aromatic rings. The molecule has 2 rings (SSSR count). The van der Waals surface area contributed by atoms with Crippen LogP contribution in [0.15, 0.2) is 0 Å². The van der Waals surface area contributed by atoms with E-state index in [-0.39, 0.29) is 24.3 Å². The lowest BCUT2D eigenvalue weighted by Crippen LogP contribution is -2.49. The summed E-state index contributed by atoms with van der Waals surface area (Å²) < 4.78 is 10.3. The van der Waals surface area contributed by atoms with Gasteiger partial charge in [-0.1, -0.05) is 0 Å². The van der Waals surface area contributed by atoms with Crippen LogP contribution in [0.2, 0.25) is 0 Å². The number of alkyl carbamates (subject to hydrolysis) is 2. The maximum absolute atomic E-state index is 11.5. The Kier molecular flexibility index (Phi) is 3.36. The molecule has 0 bridgehead atoms. The van der Waals surface area contributed by atoms with Gasteiger partial charge in [0.05, 0.1) is 6.54 Å². The van der Waals surface area contributed by atoms with E-state index < -0.39 is 5.60 Å². The van der Waals surface area contributed by atoms with E-state index in [4.69, 9.17) is 9.47 Å². The Morgan fingerprint density at radius 1 is 1.44 bits per heavy atom. The van der Waals surface area contributed by atoms with Gasteiger partial charge < -0.3 is 20.1 Å². The number of nitrogens with one attached hydrogen (secondary N) is 2. The van der Waals surface area contributed by atoms with Gasteiger partial charge in [-0.3, -0.25) is 0 Å². The van der Waals surface area contributed by atoms with E-state index >= 15 is 0 Å². The van der Waals surface area contributed by atoms with E-state index in [1.54, 1.807) is 0 Å². The predicted molar refractivity (Wildman–Crippen MR) is 64.2 cm³/mol. The number of cyclic esters (lactones) is 1. The highest BCUT2D eigenvalue weighted by Crippen LogP contribution is 2.33. The largest absolute Gasteiger partial charge is 0.444 e. The number of carbonyl (C=O) groups is 2. The molecule has 1 atom stereocenters. The lowest BCUT2D eigenvalue weighted by molar-refractivity contribution is 0.0298. The van der Waals surface area contributed by atoms with Crippen LogP contribution in [0, 0.1) is 5.92 Å². The maximum atomic E-state index is 11.5. The van der Waals surface area contributed by atoms with Crippen LogP contribution < -0.4 is 10.6 Å². The quantitative estimate of drug-likeness (QED) is 0.783. The first-order valence-electron chi connectivity index (χ1n) is 6.27. The molecule has 2 aliphatic rings. The van der Waals surface area contributed by atoms with E-state index in [0.29, 0.717) is 12.5 Å². The monoisotopic (exact) mass is 256 g/mol. The third-order valence-electron chi connectivity index (χ3n) is 3.13. The molecule has 18 heavy (non-hydrogen) atoms. The topological polar surface area (TPSA) is 76.7 Å². The van der Waals surface area contributed by atoms with Crippen molar-refractivity contribution in [2.75, 3.05) is 6.54 Å². The number of hydrogen-bond donors (Lipinski definition) is 2. The van der Waals surface area contributed by atoms with Gasteiger partial charge in [-0.25, -0.2) is 9.59 Å². The minimum Gasteiger partial charge on any atom is -0.444 e. The second-order valence-corrected chi connectivity index (χ2v) is 5.90. The molecule has 2 amide bonds. The van der Waals surface area contributed by atoms with Crippen molar-refractivity contribution < 1.29 is 19.1 Å². The minimum absolute atomic E-state index is 0.0470. The fraction of sp³-hybridized carbons (Fsp3) is 0.833. The Labute approximate surface area is 106 Å². The van der Waals surface area contributed by atoms with E-state index in [1.165, 1.54) is 0 Å². The lowest BCUT2D eigenvalue weighted by atomic mass is 9.77. The molecule has 2 fully saturated rings. The number of amides is 2. The average Bonchev–Trinajstić information content (AvgIpc) is 2.54. The standard InChI is InChI=1S/C12H20N2O4/c1-12(2,3)18-11(16)14-8-4-7(5-8)9-6-13-10(15)17-9/h7-9H,4-6H2,1-3H3,(H,13,15)(H,14,16)/t7-,8-,9?. The summed E-state index contributed by atoms with van der Waals surface area (Å²) in [6.07, 6.45) is 0.891. The Morgan fingerprint density at radius 2 is 2.11 bits per heavy atom. The Bertz CT molecular complexity index is 344. The van der Waals surface area contributed by atoms with E-state index in [2.05, 4.69) is 10.6 Å². The Hall–Kier alpha value is -1.46. The maximum Gasteiger partial charge on any atom is 0.407 e. The molecule has 6 nitrogen and oxygen atoms in total. The summed E-state index contributed by atoms with van der Waals surface area (Å²) in [5.74, 6) is 0.337. The second kappa shape index (κ2) is 4.66. The first kappa shape index (κ1) is 13.0. The highest BCUT2D eigenvalue weighted by Gasteiger charge is 2.40. The Morgan fingerprint density at radius 3 is 2.61 bits per heavy atom. The molecule has 1 saturated carbocycles. The van der Waals surface area contributed by atoms with Crippen molar-refractivity contribution in [2.45, 2.75) is 51.4 Å². The van der Waals surface area contributed by atoms with Crippen LogP contribution in [0.25, 0.3) is 0 Å². The van der Waals surface area contributed by atoms with Gasteiger partial charge in [-0.15, -0.1) is 0 Å². The van der Waals surface area contributed by atoms with Gasteiger partial charge in [-0.2, -0.15) is 0 Å². The van der Waals surface area contributed by atoms with E-state index in [0.717, 1.165) is 12.8 Å². The molecule has 102 valence electrons. The van der Waals surface area contributed by atoms with Crippen LogP contribution in [0.5, 0.6) is 0 Å². The van der Waals surface area contributed by atoms with Crippen LogP contribution in [0.1, 0.15) is 33.6 Å². The van der Waals surface area contributed by atoms with Gasteiger partial charge in [0.25, 0.3) is 0 Å². The van der Waals surface area contributed by atoms with Crippen molar-refractivity contribution in [3.05, 3.63) is 0 Å². The summed E-state index contributed by atoms with van der Waals surface area (Å²) in [5.41, 5.74) is -0.474. The van der Waals surface area contributed by atoms with E-state index in [9.17, 15) is 9.59 Å². The molecule has 0 aromatic heterocycles. The van der Waals surface area contributed by atoms with Crippen molar-refractivity contribution >= 4 is 12.2 Å². The molecular formula is C12H20N2O4. The fourth-order valence-electron chi connectivity index (χ4n) is 2.23. The molecule has 2 N–H and O–H groups in total. The van der Waals surface area contributed by atoms with Crippen molar-refractivity contribution in [2.24, 2.45) is 5.92 Å². The van der Waals surface area contributed by atoms with Crippen molar-refractivity contribution in [3.63, 3.8) is 0 Å². The zero-order chi connectivity index (χ0) is 13.3. The van der Waals surface area contributed by atoms with Crippen molar-refractivity contribution in [1.29, 1.82) is 0 Å². The summed E-state index contributed by atoms with van der Waals surface area (Å²) in [4.78, 5) is 22.4. The molecule has 1 aliphatic carbocycles. The van der Waals surface area contributed by atoms with Gasteiger partial charge in [0, 0.05) is 12.0 Å². The summed E-state index contributed by atoms with van der Waals surface area (Å²) in [5, 5.41) is 5.45. The number of carbonyl (C=O) groups excluding carboxylic acids is 2. The summed E-state index contributed by atoms with van der Waals surface area (Å²) in [6.45, 7) is 6.07. The van der Waals surface area contributed by atoms with Gasteiger partial charge in [0.15, 0.2) is 0 Å². The highest BCUT2D eigenvalue weighted by atomic mass is 16.6. The third-order valence-corrected chi connectivity index (χ3v) is 3.13. The smallest absolute Gasteiger partial charge is 0.407 e. The number of hydrogen-bond acceptors (Lipinski definition) is 4. The van der Waals surface area contributed by atoms with Crippen LogP contribution in [0.4, 0.5) is 9.59 Å². The first-order valence-corrected chi connectivity index (χ1v) is 6.27. The summed E-state index contributed by atoms with van der Waals surface area (Å²) in [6, 6.07) is 0.129. The normalized spacial score (nSPS) is 31.1. The van der Waals surface area contributed by atoms with Crippen LogP contribution >= 0.6 is 0 Å². The molecule has 0 aromatic carbocycles. The van der Waals surface area contributed by atoms with Gasteiger partial charge in [0.2, 0.25) is 0 Å². The number of ether oxygens (including phenoxy) is 2. The molecule has 1 saturated heterocycles. The average molecular weight is 256 g/mol. The number of rotatable bonds is 2. The zero-order valence-electron chi connectivity index (χ0n) is 11.0. The SMILES string of the molecule is CC(C)(C)OC(=O)N[C@H]1C[C@H](C2CNC(=O)O2)C1. The van der Waals surface area contributed by atoms with Gasteiger partial charge in [-0.05, 0) is 33.6 Å². The van der Waals surface area contributed by atoms with Gasteiger partial charge in [0.1, 0.15) is 11.7 Å². The predicted octanol–water partition coefficient (Wildman–Crippen LogP) is 1.40. The summed E-state index contributed by atoms with van der Waals surface area (Å²) >= 11 is 0. The van der Waals surface area contributed by atoms with Crippen LogP contribution in [0.3, 0.4) is 0 Å². The fourth-order valence-corrected chi connectivity index (χ4v) is 2.23. The van der Waals surface area contributed by atoms with Crippen molar-refractivity contribution in [3.8, 4) is 0 Å². The molecule has 1 unspecified atom stereocenters. The molecule has 6 heteroatoms. The van der Waals surface area contributed by atoms with Gasteiger partial charge >= 0.3 is 12.2 Å². The Balaban J connectivity index is 1.67. The summed E-state index contributed by atoms with van der Waals surface area (Å²) in [7, 11) is 0. The third kappa shape index (κ3) is 3.27. The second-order valence-electron chi connectivity index (χ2n) is 5.90. The zero-order valence-corrected chi connectivity index (χ0v) is 11.0. The highest BCUT2D eigenvalue weighted by molar-refractivity contribution is 5.69. The van der Waals surface area contributed by atoms with Crippen LogP contribution in [-0.2, 0) is 9.47 Å². The minimum atomic E-state index is -0.474.